The van der Waals surface area contributed by atoms with E-state index in [1.54, 1.807) is 0 Å². The molecular formula is C19H26N4O2. The van der Waals surface area contributed by atoms with Crippen LogP contribution in [0, 0.1) is 6.92 Å². The summed E-state index contributed by atoms with van der Waals surface area (Å²) < 4.78 is 7.46. The third-order valence-electron chi connectivity index (χ3n) is 5.24. The zero-order chi connectivity index (χ0) is 17.2. The topological polar surface area (TPSA) is 50.1 Å². The first-order chi connectivity index (χ1) is 12.2. The van der Waals surface area contributed by atoms with E-state index in [0.717, 1.165) is 56.8 Å². The van der Waals surface area contributed by atoms with Crippen LogP contribution in [0.3, 0.4) is 0 Å². The predicted molar refractivity (Wildman–Crippen MR) is 95.4 cm³/mol. The molecule has 0 aromatic carbocycles. The molecule has 6 nitrogen and oxygen atoms in total. The zero-order valence-electron chi connectivity index (χ0n) is 14.9. The first-order valence-electron chi connectivity index (χ1n) is 9.25. The monoisotopic (exact) mass is 342 g/mol. The van der Waals surface area contributed by atoms with Gasteiger partial charge < -0.3 is 14.0 Å². The van der Waals surface area contributed by atoms with E-state index in [1.165, 1.54) is 5.56 Å². The SMILES string of the molecule is Cc1ccc2nc(CN3CCCC[C@@H]3C(=O)N3CCOCC3)cn2c1. The van der Waals surface area contributed by atoms with Gasteiger partial charge in [0.2, 0.25) is 5.91 Å². The molecule has 134 valence electrons. The van der Waals surface area contributed by atoms with Gasteiger partial charge in [0.15, 0.2) is 0 Å². The lowest BCUT2D eigenvalue weighted by Gasteiger charge is -2.38. The number of morpholine rings is 1. The Balaban J connectivity index is 1.50. The van der Waals surface area contributed by atoms with Crippen LogP contribution in [0.2, 0.25) is 0 Å². The van der Waals surface area contributed by atoms with Gasteiger partial charge in [-0.05, 0) is 37.9 Å². The highest BCUT2D eigenvalue weighted by atomic mass is 16.5. The van der Waals surface area contributed by atoms with E-state index in [0.29, 0.717) is 13.2 Å². The van der Waals surface area contributed by atoms with Gasteiger partial charge in [-0.3, -0.25) is 9.69 Å². The van der Waals surface area contributed by atoms with Crippen LogP contribution in [0.1, 0.15) is 30.5 Å². The average molecular weight is 342 g/mol. The summed E-state index contributed by atoms with van der Waals surface area (Å²) in [6.45, 7) is 6.54. The number of imidazole rings is 1. The second kappa shape index (κ2) is 7.14. The highest BCUT2D eigenvalue weighted by Crippen LogP contribution is 2.22. The van der Waals surface area contributed by atoms with Gasteiger partial charge in [-0.25, -0.2) is 4.98 Å². The van der Waals surface area contributed by atoms with Crippen LogP contribution in [0.4, 0.5) is 0 Å². The Kier molecular flexibility index (Phi) is 4.72. The number of nitrogens with zero attached hydrogens (tertiary/aromatic N) is 4. The van der Waals surface area contributed by atoms with Gasteiger partial charge in [-0.1, -0.05) is 12.5 Å². The molecular weight excluding hydrogens is 316 g/mol. The minimum Gasteiger partial charge on any atom is -0.378 e. The molecule has 2 aromatic rings. The van der Waals surface area contributed by atoms with Crippen molar-refractivity contribution in [3.8, 4) is 0 Å². The summed E-state index contributed by atoms with van der Waals surface area (Å²) in [7, 11) is 0. The van der Waals surface area contributed by atoms with E-state index >= 15 is 0 Å². The number of hydrogen-bond acceptors (Lipinski definition) is 4. The number of aryl methyl sites for hydroxylation is 1. The van der Waals surface area contributed by atoms with Gasteiger partial charge >= 0.3 is 0 Å². The van der Waals surface area contributed by atoms with Crippen molar-refractivity contribution in [3.05, 3.63) is 35.8 Å². The Morgan fingerprint density at radius 3 is 2.88 bits per heavy atom. The van der Waals surface area contributed by atoms with Gasteiger partial charge in [0.05, 0.1) is 24.9 Å². The molecule has 2 saturated heterocycles. The fraction of sp³-hybridized carbons (Fsp3) is 0.579. The number of hydrogen-bond donors (Lipinski definition) is 0. The molecule has 2 aliphatic rings. The van der Waals surface area contributed by atoms with E-state index in [2.05, 4.69) is 34.7 Å². The highest BCUT2D eigenvalue weighted by molar-refractivity contribution is 5.82. The number of rotatable bonds is 3. The molecule has 4 heterocycles. The molecule has 0 saturated carbocycles. The standard InChI is InChI=1S/C19H26N4O2/c1-15-5-6-18-20-16(14-23(18)12-15)13-22-7-3-2-4-17(22)19(24)21-8-10-25-11-9-21/h5-6,12,14,17H,2-4,7-11,13H2,1H3/t17-/m1/s1. The largest absolute Gasteiger partial charge is 0.378 e. The molecule has 0 unspecified atom stereocenters. The summed E-state index contributed by atoms with van der Waals surface area (Å²) in [4.78, 5) is 22.0. The number of aromatic nitrogens is 2. The fourth-order valence-electron chi connectivity index (χ4n) is 3.89. The third kappa shape index (κ3) is 3.55. The molecule has 1 atom stereocenters. The molecule has 4 rings (SSSR count). The van der Waals surface area contributed by atoms with E-state index < -0.39 is 0 Å². The van der Waals surface area contributed by atoms with Gasteiger partial charge in [0.1, 0.15) is 5.65 Å². The van der Waals surface area contributed by atoms with Crippen molar-refractivity contribution in [2.24, 2.45) is 0 Å². The van der Waals surface area contributed by atoms with Crippen LogP contribution < -0.4 is 0 Å². The second-order valence-corrected chi connectivity index (χ2v) is 7.12. The number of carbonyl (C=O) groups excluding carboxylic acids is 1. The van der Waals surface area contributed by atoms with Gasteiger partial charge in [-0.15, -0.1) is 0 Å². The second-order valence-electron chi connectivity index (χ2n) is 7.12. The Bertz CT molecular complexity index is 751. The minimum atomic E-state index is -0.0154. The molecule has 2 aromatic heterocycles. The summed E-state index contributed by atoms with van der Waals surface area (Å²) >= 11 is 0. The summed E-state index contributed by atoms with van der Waals surface area (Å²) in [6, 6.07) is 4.11. The molecule has 0 bridgehead atoms. The van der Waals surface area contributed by atoms with Crippen LogP contribution >= 0.6 is 0 Å². The summed E-state index contributed by atoms with van der Waals surface area (Å²) in [5.74, 6) is 0.266. The number of piperidine rings is 1. The van der Waals surface area contributed by atoms with Crippen molar-refractivity contribution in [2.75, 3.05) is 32.8 Å². The lowest BCUT2D eigenvalue weighted by molar-refractivity contribution is -0.142. The Labute approximate surface area is 148 Å². The summed E-state index contributed by atoms with van der Waals surface area (Å²) in [5.41, 5.74) is 3.22. The first kappa shape index (κ1) is 16.5. The van der Waals surface area contributed by atoms with E-state index in [-0.39, 0.29) is 11.9 Å². The van der Waals surface area contributed by atoms with Crippen LogP contribution in [0.25, 0.3) is 5.65 Å². The van der Waals surface area contributed by atoms with Gasteiger partial charge in [-0.2, -0.15) is 0 Å². The van der Waals surface area contributed by atoms with Crippen LogP contribution in [-0.2, 0) is 16.1 Å². The molecule has 0 radical (unpaired) electrons. The van der Waals surface area contributed by atoms with Crippen molar-refractivity contribution in [1.29, 1.82) is 0 Å². The fourth-order valence-corrected chi connectivity index (χ4v) is 3.89. The molecule has 0 aliphatic carbocycles. The Morgan fingerprint density at radius 2 is 2.04 bits per heavy atom. The van der Waals surface area contributed by atoms with Crippen molar-refractivity contribution >= 4 is 11.6 Å². The number of amides is 1. The Morgan fingerprint density at radius 1 is 1.20 bits per heavy atom. The van der Waals surface area contributed by atoms with E-state index in [1.807, 2.05) is 11.0 Å². The summed E-state index contributed by atoms with van der Waals surface area (Å²) in [6.07, 6.45) is 7.41. The number of likely N-dealkylation sites (tertiary alicyclic amines) is 1. The lowest BCUT2D eigenvalue weighted by Crippen LogP contribution is -2.53. The number of pyridine rings is 1. The summed E-state index contributed by atoms with van der Waals surface area (Å²) in [5, 5.41) is 0. The quantitative estimate of drug-likeness (QED) is 0.854. The zero-order valence-corrected chi connectivity index (χ0v) is 14.9. The maximum Gasteiger partial charge on any atom is 0.240 e. The number of fused-ring (bicyclic) bond motifs is 1. The Hall–Kier alpha value is -1.92. The average Bonchev–Trinajstić information content (AvgIpc) is 3.03. The first-order valence-corrected chi connectivity index (χ1v) is 9.25. The molecule has 6 heteroatoms. The van der Waals surface area contributed by atoms with Crippen molar-refractivity contribution in [2.45, 2.75) is 38.8 Å². The van der Waals surface area contributed by atoms with Crippen LogP contribution in [-0.4, -0.2) is 64.0 Å². The van der Waals surface area contributed by atoms with Crippen molar-refractivity contribution in [3.63, 3.8) is 0 Å². The van der Waals surface area contributed by atoms with Crippen molar-refractivity contribution < 1.29 is 9.53 Å². The predicted octanol–water partition coefficient (Wildman–Crippen LogP) is 1.86. The molecule has 0 N–H and O–H groups in total. The van der Waals surface area contributed by atoms with Crippen LogP contribution in [0.15, 0.2) is 24.5 Å². The van der Waals surface area contributed by atoms with Gasteiger partial charge in [0.25, 0.3) is 0 Å². The molecule has 2 fully saturated rings. The molecule has 2 aliphatic heterocycles. The number of carbonyl (C=O) groups is 1. The minimum absolute atomic E-state index is 0.0154. The third-order valence-corrected chi connectivity index (χ3v) is 5.24. The normalized spacial score (nSPS) is 22.4. The van der Waals surface area contributed by atoms with Gasteiger partial charge in [0, 0.05) is 32.0 Å². The lowest BCUT2D eigenvalue weighted by atomic mass is 10.0. The molecule has 0 spiro atoms. The van der Waals surface area contributed by atoms with E-state index in [4.69, 9.17) is 9.72 Å². The molecule has 1 amide bonds. The smallest absolute Gasteiger partial charge is 0.240 e. The maximum absolute atomic E-state index is 13.0. The number of ether oxygens (including phenoxy) is 1. The molecule has 25 heavy (non-hydrogen) atoms. The van der Waals surface area contributed by atoms with Crippen LogP contribution in [0.5, 0.6) is 0 Å². The van der Waals surface area contributed by atoms with Crippen molar-refractivity contribution in [1.82, 2.24) is 19.2 Å². The highest BCUT2D eigenvalue weighted by Gasteiger charge is 2.32. The van der Waals surface area contributed by atoms with E-state index in [9.17, 15) is 4.79 Å². The maximum atomic E-state index is 13.0.